The normalized spacial score (nSPS) is 17.2. The summed E-state index contributed by atoms with van der Waals surface area (Å²) in [4.78, 5) is 0. The van der Waals surface area contributed by atoms with Crippen LogP contribution in [0.15, 0.2) is 23.8 Å². The minimum Gasteiger partial charge on any atom is -0.467 e. The molecule has 1 N–H and O–H groups in total. The van der Waals surface area contributed by atoms with Crippen molar-refractivity contribution in [3.63, 3.8) is 0 Å². The van der Waals surface area contributed by atoms with Crippen LogP contribution in [0.4, 0.5) is 0 Å². The molecule has 0 saturated carbocycles. The molecule has 0 aromatic heterocycles. The van der Waals surface area contributed by atoms with E-state index < -0.39 is 22.4 Å². The SMILES string of the molecule is CC1=C(COCC[Si](C)(C)C)C(O)Oc2cc(OCOCC[Si](C)(C)C)ccc21. The molecule has 5 nitrogen and oxygen atoms in total. The highest BCUT2D eigenvalue weighted by atomic mass is 28.3. The fourth-order valence-corrected chi connectivity index (χ4v) is 4.35. The first kappa shape index (κ1) is 24.1. The molecule has 2 rings (SSSR count). The Balaban J connectivity index is 1.92. The van der Waals surface area contributed by atoms with Gasteiger partial charge in [-0.3, -0.25) is 0 Å². The molecule has 0 saturated heterocycles. The van der Waals surface area contributed by atoms with Gasteiger partial charge in [0.25, 0.3) is 0 Å². The van der Waals surface area contributed by atoms with Gasteiger partial charge in [0.15, 0.2) is 6.79 Å². The summed E-state index contributed by atoms with van der Waals surface area (Å²) in [6, 6.07) is 7.91. The van der Waals surface area contributed by atoms with E-state index in [0.29, 0.717) is 18.1 Å². The molecule has 0 spiro atoms. The smallest absolute Gasteiger partial charge is 0.223 e. The van der Waals surface area contributed by atoms with Crippen LogP contribution in [0.25, 0.3) is 5.57 Å². The second-order valence-corrected chi connectivity index (χ2v) is 21.4. The first-order chi connectivity index (χ1) is 13.5. The molecule has 1 aliphatic heterocycles. The molecule has 0 fully saturated rings. The zero-order valence-electron chi connectivity index (χ0n) is 19.1. The van der Waals surface area contributed by atoms with Gasteiger partial charge in [-0.15, -0.1) is 0 Å². The van der Waals surface area contributed by atoms with Crippen LogP contribution in [0.5, 0.6) is 11.5 Å². The van der Waals surface area contributed by atoms with E-state index in [4.69, 9.17) is 18.9 Å². The third kappa shape index (κ3) is 8.26. The lowest BCUT2D eigenvalue weighted by molar-refractivity contribution is -0.00188. The Bertz CT molecular complexity index is 704. The van der Waals surface area contributed by atoms with Crippen molar-refractivity contribution in [2.45, 2.75) is 64.6 Å². The number of aliphatic hydroxyl groups excluding tert-OH is 1. The van der Waals surface area contributed by atoms with E-state index >= 15 is 0 Å². The minimum absolute atomic E-state index is 0.219. The number of aliphatic hydroxyl groups is 1. The van der Waals surface area contributed by atoms with Crippen LogP contribution >= 0.6 is 0 Å². The van der Waals surface area contributed by atoms with Gasteiger partial charge >= 0.3 is 0 Å². The van der Waals surface area contributed by atoms with Crippen LogP contribution in [0.2, 0.25) is 51.4 Å². The Morgan fingerprint density at radius 2 is 1.59 bits per heavy atom. The van der Waals surface area contributed by atoms with Gasteiger partial charge in [0.2, 0.25) is 6.29 Å². The Kier molecular flexibility index (Phi) is 8.54. The third-order valence-corrected chi connectivity index (χ3v) is 8.34. The fraction of sp³-hybridized carbons (Fsp3) is 0.636. The van der Waals surface area contributed by atoms with Crippen molar-refractivity contribution in [2.24, 2.45) is 0 Å². The predicted molar refractivity (Wildman–Crippen MR) is 124 cm³/mol. The average Bonchev–Trinajstić information content (AvgIpc) is 2.58. The molecule has 0 aliphatic carbocycles. The predicted octanol–water partition coefficient (Wildman–Crippen LogP) is 5.22. The molecule has 164 valence electrons. The Morgan fingerprint density at radius 3 is 2.21 bits per heavy atom. The van der Waals surface area contributed by atoms with Crippen molar-refractivity contribution >= 4 is 21.7 Å². The maximum absolute atomic E-state index is 10.4. The summed E-state index contributed by atoms with van der Waals surface area (Å²) in [5.41, 5.74) is 2.76. The van der Waals surface area contributed by atoms with Gasteiger partial charge in [0, 0.05) is 46.6 Å². The first-order valence-electron chi connectivity index (χ1n) is 10.4. The molecule has 1 atom stereocenters. The van der Waals surface area contributed by atoms with Crippen molar-refractivity contribution in [1.82, 2.24) is 0 Å². The molecule has 1 aliphatic rings. The standard InChI is InChI=1S/C22H38O5Si2/c1-17-19-9-8-18(26-16-25-11-13-29(5,6)7)14-21(19)27-22(23)20(17)15-24-10-12-28(2,3)4/h8-9,14,22-23H,10-13,15-16H2,1-7H3. The maximum atomic E-state index is 10.4. The van der Waals surface area contributed by atoms with Crippen LogP contribution in [-0.2, 0) is 9.47 Å². The summed E-state index contributed by atoms with van der Waals surface area (Å²) in [5, 5.41) is 10.4. The Labute approximate surface area is 178 Å². The monoisotopic (exact) mass is 438 g/mol. The lowest BCUT2D eigenvalue weighted by Crippen LogP contribution is -2.27. The van der Waals surface area contributed by atoms with Gasteiger partial charge in [-0.05, 0) is 36.7 Å². The first-order valence-corrected chi connectivity index (χ1v) is 17.8. The Morgan fingerprint density at radius 1 is 0.966 bits per heavy atom. The summed E-state index contributed by atoms with van der Waals surface area (Å²) in [6.07, 6.45) is -0.988. The molecule has 1 heterocycles. The van der Waals surface area contributed by atoms with Crippen molar-refractivity contribution in [1.29, 1.82) is 0 Å². The van der Waals surface area contributed by atoms with Gasteiger partial charge < -0.3 is 24.1 Å². The van der Waals surface area contributed by atoms with Crippen molar-refractivity contribution in [3.8, 4) is 11.5 Å². The number of rotatable bonds is 11. The van der Waals surface area contributed by atoms with E-state index in [9.17, 15) is 5.11 Å². The number of ether oxygens (including phenoxy) is 4. The molecule has 1 aromatic carbocycles. The molecule has 0 radical (unpaired) electrons. The lowest BCUT2D eigenvalue weighted by atomic mass is 9.98. The largest absolute Gasteiger partial charge is 0.467 e. The van der Waals surface area contributed by atoms with E-state index in [1.807, 2.05) is 25.1 Å². The van der Waals surface area contributed by atoms with E-state index in [-0.39, 0.29) is 6.79 Å². The summed E-state index contributed by atoms with van der Waals surface area (Å²) in [6.45, 7) is 18.0. The zero-order chi connectivity index (χ0) is 21.7. The van der Waals surface area contributed by atoms with Crippen LogP contribution in [0.3, 0.4) is 0 Å². The van der Waals surface area contributed by atoms with Gasteiger partial charge in [-0.1, -0.05) is 39.3 Å². The summed E-state index contributed by atoms with van der Waals surface area (Å²) < 4.78 is 22.8. The maximum Gasteiger partial charge on any atom is 0.223 e. The second kappa shape index (κ2) is 10.3. The molecule has 0 amide bonds. The minimum atomic E-state index is -1.13. The van der Waals surface area contributed by atoms with Crippen molar-refractivity contribution in [3.05, 3.63) is 29.3 Å². The van der Waals surface area contributed by atoms with E-state index in [1.165, 1.54) is 0 Å². The summed E-state index contributed by atoms with van der Waals surface area (Å²) >= 11 is 0. The second-order valence-electron chi connectivity index (χ2n) is 10.1. The van der Waals surface area contributed by atoms with Crippen LogP contribution in [0, 0.1) is 0 Å². The van der Waals surface area contributed by atoms with Gasteiger partial charge in [0.05, 0.1) is 6.61 Å². The van der Waals surface area contributed by atoms with Gasteiger partial charge in [-0.25, -0.2) is 0 Å². The number of allylic oxidation sites excluding steroid dienone is 1. The number of benzene rings is 1. The number of hydrogen-bond donors (Lipinski definition) is 1. The highest BCUT2D eigenvalue weighted by Gasteiger charge is 2.25. The topological polar surface area (TPSA) is 57.2 Å². The molecular formula is C22H38O5Si2. The van der Waals surface area contributed by atoms with Crippen molar-refractivity contribution < 1.29 is 24.1 Å². The number of hydrogen-bond acceptors (Lipinski definition) is 5. The van der Waals surface area contributed by atoms with Gasteiger partial charge in [0.1, 0.15) is 11.5 Å². The summed E-state index contributed by atoms with van der Waals surface area (Å²) in [5.74, 6) is 1.30. The lowest BCUT2D eigenvalue weighted by Gasteiger charge is -2.27. The molecule has 1 unspecified atom stereocenters. The molecule has 0 bridgehead atoms. The van der Waals surface area contributed by atoms with E-state index in [2.05, 4.69) is 39.3 Å². The van der Waals surface area contributed by atoms with E-state index in [0.717, 1.165) is 42.0 Å². The van der Waals surface area contributed by atoms with Crippen LogP contribution < -0.4 is 9.47 Å². The van der Waals surface area contributed by atoms with Crippen molar-refractivity contribution in [2.75, 3.05) is 26.6 Å². The fourth-order valence-electron chi connectivity index (χ4n) is 2.84. The third-order valence-electron chi connectivity index (χ3n) is 4.93. The average molecular weight is 439 g/mol. The van der Waals surface area contributed by atoms with Gasteiger partial charge in [-0.2, -0.15) is 0 Å². The molecule has 1 aromatic rings. The Hall–Kier alpha value is -1.13. The molecule has 7 heteroatoms. The van der Waals surface area contributed by atoms with Crippen LogP contribution in [-0.4, -0.2) is 54.2 Å². The number of fused-ring (bicyclic) bond motifs is 1. The van der Waals surface area contributed by atoms with E-state index in [1.54, 1.807) is 0 Å². The molecular weight excluding hydrogens is 400 g/mol. The molecule has 29 heavy (non-hydrogen) atoms. The highest BCUT2D eigenvalue weighted by Crippen LogP contribution is 2.37. The zero-order valence-corrected chi connectivity index (χ0v) is 21.1. The highest BCUT2D eigenvalue weighted by molar-refractivity contribution is 6.76. The van der Waals surface area contributed by atoms with Crippen LogP contribution in [0.1, 0.15) is 12.5 Å². The quantitative estimate of drug-likeness (QED) is 0.292. The summed E-state index contributed by atoms with van der Waals surface area (Å²) in [7, 11) is -2.22.